The fourth-order valence-electron chi connectivity index (χ4n) is 1.25. The van der Waals surface area contributed by atoms with Crippen molar-refractivity contribution in [1.82, 2.24) is 5.32 Å². The number of carbonyl (C=O) groups excluding carboxylic acids is 1. The van der Waals surface area contributed by atoms with E-state index in [1.807, 2.05) is 6.26 Å². The number of benzene rings is 1. The van der Waals surface area contributed by atoms with Crippen molar-refractivity contribution >= 4 is 17.7 Å². The predicted octanol–water partition coefficient (Wildman–Crippen LogP) is 3.01. The molecule has 1 rings (SSSR count). The van der Waals surface area contributed by atoms with Gasteiger partial charge in [-0.2, -0.15) is 11.8 Å². The van der Waals surface area contributed by atoms with E-state index in [2.05, 4.69) is 19.2 Å². The number of carbonyl (C=O) groups is 1. The van der Waals surface area contributed by atoms with Gasteiger partial charge in [0, 0.05) is 16.9 Å². The molecule has 4 heteroatoms. The second-order valence-electron chi connectivity index (χ2n) is 4.61. The van der Waals surface area contributed by atoms with Crippen LogP contribution in [0.5, 0.6) is 0 Å². The smallest absolute Gasteiger partial charge is 0.251 e. The van der Waals surface area contributed by atoms with Crippen molar-refractivity contribution in [3.63, 3.8) is 0 Å². The lowest BCUT2D eigenvalue weighted by Crippen LogP contribution is -2.36. The Morgan fingerprint density at radius 2 is 2.12 bits per heavy atom. The zero-order chi connectivity index (χ0) is 13.1. The third-order valence-electron chi connectivity index (χ3n) is 2.65. The number of hydrogen-bond donors (Lipinski definition) is 1. The zero-order valence-corrected chi connectivity index (χ0v) is 11.5. The molecule has 2 nitrogen and oxygen atoms in total. The minimum Gasteiger partial charge on any atom is -0.351 e. The quantitative estimate of drug-likeness (QED) is 0.896. The number of thioether (sulfide) groups is 1. The number of nitrogens with one attached hydrogen (secondary N) is 1. The van der Waals surface area contributed by atoms with Gasteiger partial charge in [0.25, 0.3) is 5.91 Å². The Labute approximate surface area is 106 Å². The van der Waals surface area contributed by atoms with E-state index < -0.39 is 0 Å². The molecule has 0 radical (unpaired) electrons. The molecule has 0 aliphatic rings. The van der Waals surface area contributed by atoms with Gasteiger partial charge in [0.05, 0.1) is 0 Å². The summed E-state index contributed by atoms with van der Waals surface area (Å²) in [4.78, 5) is 11.8. The number of halogens is 1. The summed E-state index contributed by atoms with van der Waals surface area (Å²) in [7, 11) is 0. The van der Waals surface area contributed by atoms with Gasteiger partial charge in [-0.25, -0.2) is 4.39 Å². The van der Waals surface area contributed by atoms with Crippen LogP contribution in [0.15, 0.2) is 18.2 Å². The molecule has 17 heavy (non-hydrogen) atoms. The van der Waals surface area contributed by atoms with Gasteiger partial charge >= 0.3 is 0 Å². The summed E-state index contributed by atoms with van der Waals surface area (Å²) in [5.41, 5.74) is 0.988. The van der Waals surface area contributed by atoms with Crippen LogP contribution in [0.2, 0.25) is 0 Å². The molecule has 1 N–H and O–H groups in total. The van der Waals surface area contributed by atoms with Gasteiger partial charge in [0.1, 0.15) is 5.82 Å². The first-order chi connectivity index (χ1) is 7.85. The van der Waals surface area contributed by atoms with Gasteiger partial charge in [-0.1, -0.05) is 0 Å². The Bertz CT molecular complexity index is 418. The van der Waals surface area contributed by atoms with E-state index in [1.165, 1.54) is 12.1 Å². The highest BCUT2D eigenvalue weighted by atomic mass is 32.2. The minimum absolute atomic E-state index is 0.00470. The van der Waals surface area contributed by atoms with Crippen molar-refractivity contribution in [3.8, 4) is 0 Å². The summed E-state index contributed by atoms with van der Waals surface area (Å²) in [5.74, 6) is -0.443. The molecule has 0 aliphatic carbocycles. The first kappa shape index (κ1) is 14.0. The lowest BCUT2D eigenvalue weighted by molar-refractivity contribution is 0.0950. The van der Waals surface area contributed by atoms with Gasteiger partial charge in [0.2, 0.25) is 0 Å². The Morgan fingerprint density at radius 1 is 1.47 bits per heavy atom. The van der Waals surface area contributed by atoms with Crippen LogP contribution >= 0.6 is 11.8 Å². The molecule has 0 aromatic heterocycles. The standard InChI is InChI=1S/C13H18FNOS/c1-9-7-10(5-6-11(9)14)12(16)15-8-13(2,3)17-4/h5-7H,8H2,1-4H3,(H,15,16). The Balaban J connectivity index is 2.68. The van der Waals surface area contributed by atoms with E-state index in [4.69, 9.17) is 0 Å². The summed E-state index contributed by atoms with van der Waals surface area (Å²) < 4.78 is 13.1. The lowest BCUT2D eigenvalue weighted by atomic mass is 10.1. The molecule has 0 bridgehead atoms. The molecule has 0 aliphatic heterocycles. The third-order valence-corrected chi connectivity index (χ3v) is 3.90. The lowest BCUT2D eigenvalue weighted by Gasteiger charge is -2.22. The second kappa shape index (κ2) is 5.54. The van der Waals surface area contributed by atoms with Gasteiger partial charge in [-0.3, -0.25) is 4.79 Å². The highest BCUT2D eigenvalue weighted by Gasteiger charge is 2.17. The summed E-state index contributed by atoms with van der Waals surface area (Å²) in [5, 5.41) is 2.85. The van der Waals surface area contributed by atoms with Crippen LogP contribution in [0.4, 0.5) is 4.39 Å². The molecule has 0 unspecified atom stereocenters. The summed E-state index contributed by atoms with van der Waals surface area (Å²) >= 11 is 1.70. The zero-order valence-electron chi connectivity index (χ0n) is 10.6. The molecule has 0 saturated carbocycles. The average Bonchev–Trinajstić information content (AvgIpc) is 2.30. The maximum Gasteiger partial charge on any atom is 0.251 e. The molecule has 1 amide bonds. The molecule has 0 heterocycles. The largest absolute Gasteiger partial charge is 0.351 e. The van der Waals surface area contributed by atoms with E-state index in [0.29, 0.717) is 17.7 Å². The van der Waals surface area contributed by atoms with Crippen molar-refractivity contribution in [2.24, 2.45) is 0 Å². The average molecular weight is 255 g/mol. The van der Waals surface area contributed by atoms with Crippen molar-refractivity contribution in [3.05, 3.63) is 35.1 Å². The van der Waals surface area contributed by atoms with Gasteiger partial charge in [-0.05, 0) is 50.8 Å². The topological polar surface area (TPSA) is 29.1 Å². The fourth-order valence-corrected chi connectivity index (χ4v) is 1.47. The minimum atomic E-state index is -0.286. The summed E-state index contributed by atoms with van der Waals surface area (Å²) in [6.07, 6.45) is 2.01. The van der Waals surface area contributed by atoms with Gasteiger partial charge in [-0.15, -0.1) is 0 Å². The van der Waals surface area contributed by atoms with Gasteiger partial charge < -0.3 is 5.32 Å². The highest BCUT2D eigenvalue weighted by molar-refractivity contribution is 7.99. The van der Waals surface area contributed by atoms with E-state index >= 15 is 0 Å². The molecule has 1 aromatic rings. The van der Waals surface area contributed by atoms with Crippen LogP contribution in [-0.2, 0) is 0 Å². The Kier molecular flexibility index (Phi) is 4.57. The predicted molar refractivity (Wildman–Crippen MR) is 71.1 cm³/mol. The van der Waals surface area contributed by atoms with E-state index in [1.54, 1.807) is 24.8 Å². The van der Waals surface area contributed by atoms with E-state index in [9.17, 15) is 9.18 Å². The third kappa shape index (κ3) is 4.04. The number of rotatable bonds is 4. The van der Waals surface area contributed by atoms with Crippen molar-refractivity contribution in [2.75, 3.05) is 12.8 Å². The number of hydrogen-bond acceptors (Lipinski definition) is 2. The van der Waals surface area contributed by atoms with Gasteiger partial charge in [0.15, 0.2) is 0 Å². The summed E-state index contributed by atoms with van der Waals surface area (Å²) in [6.45, 7) is 6.36. The van der Waals surface area contributed by atoms with Crippen LogP contribution in [0.3, 0.4) is 0 Å². The molecule has 0 fully saturated rings. The van der Waals surface area contributed by atoms with Crippen LogP contribution in [0.25, 0.3) is 0 Å². The molecular weight excluding hydrogens is 237 g/mol. The second-order valence-corrected chi connectivity index (χ2v) is 6.12. The van der Waals surface area contributed by atoms with Crippen LogP contribution in [-0.4, -0.2) is 23.5 Å². The molecule has 94 valence electrons. The normalized spacial score (nSPS) is 11.4. The number of amides is 1. The fraction of sp³-hybridized carbons (Fsp3) is 0.462. The monoisotopic (exact) mass is 255 g/mol. The first-order valence-electron chi connectivity index (χ1n) is 5.45. The van der Waals surface area contributed by atoms with Crippen molar-refractivity contribution in [2.45, 2.75) is 25.5 Å². The van der Waals surface area contributed by atoms with Crippen LogP contribution in [0, 0.1) is 12.7 Å². The van der Waals surface area contributed by atoms with Crippen molar-refractivity contribution < 1.29 is 9.18 Å². The summed E-state index contributed by atoms with van der Waals surface area (Å²) in [6, 6.07) is 4.39. The molecule has 0 atom stereocenters. The molecular formula is C13H18FNOS. The van der Waals surface area contributed by atoms with Crippen molar-refractivity contribution in [1.29, 1.82) is 0 Å². The first-order valence-corrected chi connectivity index (χ1v) is 6.68. The number of aryl methyl sites for hydroxylation is 1. The van der Waals surface area contributed by atoms with E-state index in [-0.39, 0.29) is 16.5 Å². The van der Waals surface area contributed by atoms with Crippen LogP contribution in [0.1, 0.15) is 29.8 Å². The van der Waals surface area contributed by atoms with E-state index in [0.717, 1.165) is 0 Å². The maximum atomic E-state index is 13.1. The molecule has 0 spiro atoms. The Hall–Kier alpha value is -1.03. The van der Waals surface area contributed by atoms with Crippen LogP contribution < -0.4 is 5.32 Å². The Morgan fingerprint density at radius 3 is 2.65 bits per heavy atom. The molecule has 1 aromatic carbocycles. The maximum absolute atomic E-state index is 13.1. The molecule has 0 saturated heterocycles. The highest BCUT2D eigenvalue weighted by Crippen LogP contribution is 2.19. The SMILES string of the molecule is CSC(C)(C)CNC(=O)c1ccc(F)c(C)c1.